The highest BCUT2D eigenvalue weighted by Crippen LogP contribution is 2.21. The Morgan fingerprint density at radius 2 is 2.10 bits per heavy atom. The minimum absolute atomic E-state index is 0.223. The quantitative estimate of drug-likeness (QED) is 0.869. The zero-order valence-electron chi connectivity index (χ0n) is 11.8. The van der Waals surface area contributed by atoms with Crippen molar-refractivity contribution < 1.29 is 8.42 Å². The topological polar surface area (TPSA) is 49.4 Å². The Kier molecular flexibility index (Phi) is 5.74. The summed E-state index contributed by atoms with van der Waals surface area (Å²) in [4.78, 5) is 2.10. The van der Waals surface area contributed by atoms with Crippen LogP contribution in [0.5, 0.6) is 0 Å². The summed E-state index contributed by atoms with van der Waals surface area (Å²) in [7, 11) is -2.99. The fourth-order valence-electron chi connectivity index (χ4n) is 2.29. The molecule has 0 aromatic heterocycles. The summed E-state index contributed by atoms with van der Waals surface area (Å²) in [6, 6.07) is 10.0. The maximum Gasteiger partial charge on any atom is 0.166 e. The minimum atomic E-state index is -2.99. The molecule has 1 fully saturated rings. The van der Waals surface area contributed by atoms with Crippen LogP contribution in [0.3, 0.4) is 0 Å². The predicted octanol–water partition coefficient (Wildman–Crippen LogP) is 1.91. The molecule has 1 aromatic carbocycles. The molecular weight excluding hydrogens is 292 g/mol. The lowest BCUT2D eigenvalue weighted by Crippen LogP contribution is -2.49. The third-order valence-electron chi connectivity index (χ3n) is 3.51. The summed E-state index contributed by atoms with van der Waals surface area (Å²) in [5.74, 6) is 1.93. The van der Waals surface area contributed by atoms with Crippen LogP contribution < -0.4 is 5.32 Å². The molecule has 1 unspecified atom stereocenters. The van der Waals surface area contributed by atoms with E-state index in [1.54, 1.807) is 18.7 Å². The summed E-state index contributed by atoms with van der Waals surface area (Å²) in [5.41, 5.74) is 1.08. The van der Waals surface area contributed by atoms with Gasteiger partial charge in [-0.2, -0.15) is 11.8 Å². The van der Waals surface area contributed by atoms with E-state index in [0.717, 1.165) is 31.1 Å². The van der Waals surface area contributed by atoms with Crippen LogP contribution in [-0.2, 0) is 9.84 Å². The van der Waals surface area contributed by atoms with Gasteiger partial charge >= 0.3 is 0 Å². The Balaban J connectivity index is 1.89. The Bertz CT molecular complexity index is 505. The molecule has 112 valence electrons. The van der Waals surface area contributed by atoms with Crippen molar-refractivity contribution in [2.24, 2.45) is 0 Å². The fourth-order valence-corrected chi connectivity index (χ4v) is 5.40. The molecule has 1 saturated heterocycles. The maximum absolute atomic E-state index is 12.1. The van der Waals surface area contributed by atoms with Crippen LogP contribution in [0.25, 0.3) is 0 Å². The van der Waals surface area contributed by atoms with Crippen LogP contribution in [0.15, 0.2) is 30.3 Å². The molecule has 0 bridgehead atoms. The number of anilines is 1. The van der Waals surface area contributed by atoms with E-state index in [2.05, 4.69) is 10.2 Å². The molecule has 1 N–H and O–H groups in total. The van der Waals surface area contributed by atoms with E-state index in [1.807, 2.05) is 30.3 Å². The smallest absolute Gasteiger partial charge is 0.166 e. The first kappa shape index (κ1) is 15.7. The SMILES string of the molecule is CCS(=O)(=O)C1CSCCN1CCNc1ccccc1. The van der Waals surface area contributed by atoms with E-state index in [1.165, 1.54) is 0 Å². The Morgan fingerprint density at radius 1 is 1.35 bits per heavy atom. The predicted molar refractivity (Wildman–Crippen MR) is 87.1 cm³/mol. The fraction of sp³-hybridized carbons (Fsp3) is 0.571. The van der Waals surface area contributed by atoms with Gasteiger partial charge in [-0.05, 0) is 12.1 Å². The number of sulfone groups is 1. The van der Waals surface area contributed by atoms with Crippen LogP contribution in [0, 0.1) is 0 Å². The molecule has 6 heteroatoms. The van der Waals surface area contributed by atoms with Gasteiger partial charge in [0.1, 0.15) is 5.37 Å². The first-order chi connectivity index (χ1) is 9.63. The Labute approximate surface area is 125 Å². The lowest BCUT2D eigenvalue weighted by Gasteiger charge is -2.34. The molecule has 0 aliphatic carbocycles. The third kappa shape index (κ3) is 4.14. The van der Waals surface area contributed by atoms with Crippen molar-refractivity contribution in [2.45, 2.75) is 12.3 Å². The minimum Gasteiger partial charge on any atom is -0.384 e. The molecule has 1 heterocycles. The van der Waals surface area contributed by atoms with Gasteiger partial charge in [0.05, 0.1) is 0 Å². The van der Waals surface area contributed by atoms with Crippen LogP contribution in [0.1, 0.15) is 6.92 Å². The summed E-state index contributed by atoms with van der Waals surface area (Å²) >= 11 is 1.74. The normalized spacial score (nSPS) is 20.8. The molecule has 0 radical (unpaired) electrons. The molecule has 0 spiro atoms. The molecule has 0 amide bonds. The standard InChI is InChI=1S/C14H22N2O2S2/c1-2-20(17,18)14-12-19-11-10-16(14)9-8-15-13-6-4-3-5-7-13/h3-7,14-15H,2,8-12H2,1H3. The lowest BCUT2D eigenvalue weighted by molar-refractivity contribution is 0.280. The van der Waals surface area contributed by atoms with Crippen molar-refractivity contribution in [3.8, 4) is 0 Å². The van der Waals surface area contributed by atoms with Gasteiger partial charge < -0.3 is 5.32 Å². The zero-order chi connectivity index (χ0) is 14.4. The monoisotopic (exact) mass is 314 g/mol. The largest absolute Gasteiger partial charge is 0.384 e. The summed E-state index contributed by atoms with van der Waals surface area (Å²) in [5, 5.41) is 3.02. The van der Waals surface area contributed by atoms with Crippen molar-refractivity contribution in [1.82, 2.24) is 4.90 Å². The molecule has 1 aliphatic rings. The van der Waals surface area contributed by atoms with Gasteiger partial charge in [-0.3, -0.25) is 4.90 Å². The molecule has 1 aromatic rings. The summed E-state index contributed by atoms with van der Waals surface area (Å²) < 4.78 is 24.2. The average Bonchev–Trinajstić information content (AvgIpc) is 2.49. The number of benzene rings is 1. The second kappa shape index (κ2) is 7.33. The number of nitrogens with zero attached hydrogens (tertiary/aromatic N) is 1. The van der Waals surface area contributed by atoms with Crippen molar-refractivity contribution >= 4 is 27.3 Å². The Morgan fingerprint density at radius 3 is 2.80 bits per heavy atom. The number of thioether (sulfide) groups is 1. The Hall–Kier alpha value is -0.720. The average molecular weight is 314 g/mol. The first-order valence-corrected chi connectivity index (χ1v) is 9.83. The third-order valence-corrected chi connectivity index (χ3v) is 6.84. The van der Waals surface area contributed by atoms with Gasteiger partial charge in [-0.25, -0.2) is 8.42 Å². The van der Waals surface area contributed by atoms with Crippen LogP contribution in [0.2, 0.25) is 0 Å². The van der Waals surface area contributed by atoms with Crippen molar-refractivity contribution in [1.29, 1.82) is 0 Å². The van der Waals surface area contributed by atoms with Crippen molar-refractivity contribution in [2.75, 3.05) is 42.2 Å². The van der Waals surface area contributed by atoms with E-state index in [-0.39, 0.29) is 11.1 Å². The molecule has 2 rings (SSSR count). The van der Waals surface area contributed by atoms with Gasteiger partial charge in [0.15, 0.2) is 9.84 Å². The second-order valence-corrected chi connectivity index (χ2v) is 8.41. The highest BCUT2D eigenvalue weighted by molar-refractivity contribution is 8.01. The van der Waals surface area contributed by atoms with Gasteiger partial charge in [0, 0.05) is 42.6 Å². The van der Waals surface area contributed by atoms with Crippen LogP contribution >= 0.6 is 11.8 Å². The van der Waals surface area contributed by atoms with Crippen molar-refractivity contribution in [3.63, 3.8) is 0 Å². The van der Waals surface area contributed by atoms with E-state index >= 15 is 0 Å². The maximum atomic E-state index is 12.1. The molecule has 1 aliphatic heterocycles. The van der Waals surface area contributed by atoms with E-state index < -0.39 is 9.84 Å². The van der Waals surface area contributed by atoms with Gasteiger partial charge in [0.2, 0.25) is 0 Å². The highest BCUT2D eigenvalue weighted by Gasteiger charge is 2.32. The highest BCUT2D eigenvalue weighted by atomic mass is 32.2. The number of nitrogens with one attached hydrogen (secondary N) is 1. The van der Waals surface area contributed by atoms with E-state index in [9.17, 15) is 8.42 Å². The van der Waals surface area contributed by atoms with E-state index in [4.69, 9.17) is 0 Å². The van der Waals surface area contributed by atoms with Crippen LogP contribution in [0.4, 0.5) is 5.69 Å². The molecular formula is C14H22N2O2S2. The van der Waals surface area contributed by atoms with Gasteiger partial charge in [-0.1, -0.05) is 25.1 Å². The first-order valence-electron chi connectivity index (χ1n) is 6.96. The number of para-hydroxylation sites is 1. The number of hydrogen-bond acceptors (Lipinski definition) is 5. The number of hydrogen-bond donors (Lipinski definition) is 1. The van der Waals surface area contributed by atoms with E-state index in [0.29, 0.717) is 5.75 Å². The number of rotatable bonds is 6. The summed E-state index contributed by atoms with van der Waals surface area (Å²) in [6.45, 7) is 4.11. The van der Waals surface area contributed by atoms with Gasteiger partial charge in [-0.15, -0.1) is 0 Å². The molecule has 4 nitrogen and oxygen atoms in total. The van der Waals surface area contributed by atoms with Crippen LogP contribution in [-0.4, -0.2) is 55.6 Å². The van der Waals surface area contributed by atoms with Gasteiger partial charge in [0.25, 0.3) is 0 Å². The molecule has 0 saturated carbocycles. The molecule has 20 heavy (non-hydrogen) atoms. The summed E-state index contributed by atoms with van der Waals surface area (Å²) in [6.07, 6.45) is 0. The zero-order valence-corrected chi connectivity index (χ0v) is 13.4. The lowest BCUT2D eigenvalue weighted by atomic mass is 10.3. The second-order valence-electron chi connectivity index (χ2n) is 4.81. The van der Waals surface area contributed by atoms with Crippen molar-refractivity contribution in [3.05, 3.63) is 30.3 Å². The molecule has 1 atom stereocenters.